The molecule has 0 bridgehead atoms. The van der Waals surface area contributed by atoms with Crippen LogP contribution in [0.2, 0.25) is 0 Å². The lowest BCUT2D eigenvalue weighted by Crippen LogP contribution is -2.31. The van der Waals surface area contributed by atoms with Crippen LogP contribution in [0.15, 0.2) is 34.8 Å². The van der Waals surface area contributed by atoms with Gasteiger partial charge in [0.1, 0.15) is 0 Å². The van der Waals surface area contributed by atoms with Crippen molar-refractivity contribution < 1.29 is 14.7 Å². The average Bonchev–Trinajstić information content (AvgIpc) is 2.86. The second-order valence-electron chi connectivity index (χ2n) is 4.91. The highest BCUT2D eigenvalue weighted by atomic mass is 79.9. The minimum Gasteiger partial charge on any atom is -0.481 e. The first-order valence-electron chi connectivity index (χ1n) is 6.52. The molecule has 1 aliphatic rings. The van der Waals surface area contributed by atoms with Crippen molar-refractivity contribution in [3.05, 3.63) is 40.4 Å². The van der Waals surface area contributed by atoms with E-state index in [9.17, 15) is 9.59 Å². The molecule has 1 amide bonds. The van der Waals surface area contributed by atoms with Gasteiger partial charge in [-0.05, 0) is 37.0 Å². The fourth-order valence-electron chi connectivity index (χ4n) is 2.36. The van der Waals surface area contributed by atoms with E-state index in [4.69, 9.17) is 5.11 Å². The minimum atomic E-state index is -0.773. The Labute approximate surface area is 126 Å². The molecule has 2 atom stereocenters. The normalized spacial score (nSPS) is 22.1. The van der Waals surface area contributed by atoms with Gasteiger partial charge in [0.2, 0.25) is 5.91 Å². The summed E-state index contributed by atoms with van der Waals surface area (Å²) in [6, 6.07) is 7.59. The molecule has 0 spiro atoms. The van der Waals surface area contributed by atoms with E-state index in [1.165, 1.54) is 6.08 Å². The zero-order valence-corrected chi connectivity index (χ0v) is 12.5. The average molecular weight is 338 g/mol. The van der Waals surface area contributed by atoms with E-state index < -0.39 is 5.97 Å². The Morgan fingerprint density at radius 1 is 1.30 bits per heavy atom. The quantitative estimate of drug-likeness (QED) is 0.830. The van der Waals surface area contributed by atoms with Crippen molar-refractivity contribution in [3.8, 4) is 0 Å². The molecule has 0 radical (unpaired) electrons. The Morgan fingerprint density at radius 2 is 2.05 bits per heavy atom. The van der Waals surface area contributed by atoms with Crippen LogP contribution in [0.4, 0.5) is 0 Å². The summed E-state index contributed by atoms with van der Waals surface area (Å²) < 4.78 is 0.927. The largest absolute Gasteiger partial charge is 0.481 e. The molecule has 1 aromatic carbocycles. The lowest BCUT2D eigenvalue weighted by atomic mass is 10.1. The van der Waals surface area contributed by atoms with Crippen LogP contribution in [-0.4, -0.2) is 23.0 Å². The van der Waals surface area contributed by atoms with E-state index in [0.29, 0.717) is 12.8 Å². The Morgan fingerprint density at radius 3 is 2.70 bits per heavy atom. The van der Waals surface area contributed by atoms with Crippen molar-refractivity contribution in [1.29, 1.82) is 0 Å². The van der Waals surface area contributed by atoms with Crippen LogP contribution in [0.3, 0.4) is 0 Å². The van der Waals surface area contributed by atoms with Crippen LogP contribution in [0.25, 0.3) is 6.08 Å². The minimum absolute atomic E-state index is 0.0348. The van der Waals surface area contributed by atoms with E-state index in [1.807, 2.05) is 24.3 Å². The number of rotatable bonds is 4. The molecule has 2 rings (SSSR count). The summed E-state index contributed by atoms with van der Waals surface area (Å²) in [6.45, 7) is 0. The van der Waals surface area contributed by atoms with Crippen LogP contribution in [0.1, 0.15) is 24.8 Å². The molecule has 2 unspecified atom stereocenters. The van der Waals surface area contributed by atoms with Crippen LogP contribution >= 0.6 is 15.9 Å². The number of aliphatic carboxylic acids is 1. The number of carbonyl (C=O) groups is 2. The predicted octanol–water partition coefficient (Wildman–Crippen LogP) is 2.83. The molecule has 0 heterocycles. The first kappa shape index (κ1) is 14.8. The number of carbonyl (C=O) groups excluding carboxylic acids is 1. The Bertz CT molecular complexity index is 542. The number of halogens is 1. The Kier molecular flexibility index (Phi) is 4.95. The van der Waals surface area contributed by atoms with E-state index in [0.717, 1.165) is 16.5 Å². The summed E-state index contributed by atoms with van der Waals surface area (Å²) in [5.74, 6) is -1.28. The molecule has 5 heteroatoms. The van der Waals surface area contributed by atoms with Crippen LogP contribution in [0, 0.1) is 5.92 Å². The second kappa shape index (κ2) is 6.70. The van der Waals surface area contributed by atoms with Crippen molar-refractivity contribution in [3.63, 3.8) is 0 Å². The molecule has 2 N–H and O–H groups in total. The summed E-state index contributed by atoms with van der Waals surface area (Å²) in [5.41, 5.74) is 0.928. The smallest absolute Gasteiger partial charge is 0.306 e. The summed E-state index contributed by atoms with van der Waals surface area (Å²) in [6.07, 6.45) is 5.10. The summed E-state index contributed by atoms with van der Waals surface area (Å²) in [4.78, 5) is 22.6. The zero-order valence-electron chi connectivity index (χ0n) is 10.9. The van der Waals surface area contributed by atoms with E-state index in [1.54, 1.807) is 6.08 Å². The van der Waals surface area contributed by atoms with Gasteiger partial charge in [0, 0.05) is 16.6 Å². The number of amides is 1. The molecule has 1 aromatic rings. The lowest BCUT2D eigenvalue weighted by Gasteiger charge is -2.10. The SMILES string of the molecule is O=C(C=Cc1ccccc1Br)NC1CCC(C(=O)O)C1. The highest BCUT2D eigenvalue weighted by molar-refractivity contribution is 9.10. The molecule has 1 saturated carbocycles. The van der Waals surface area contributed by atoms with Gasteiger partial charge in [-0.15, -0.1) is 0 Å². The Balaban J connectivity index is 1.87. The monoisotopic (exact) mass is 337 g/mol. The van der Waals surface area contributed by atoms with E-state index in [-0.39, 0.29) is 17.9 Å². The first-order valence-corrected chi connectivity index (χ1v) is 7.31. The molecule has 0 aliphatic heterocycles. The van der Waals surface area contributed by atoms with Gasteiger partial charge < -0.3 is 10.4 Å². The molecule has 1 aliphatic carbocycles. The van der Waals surface area contributed by atoms with E-state index >= 15 is 0 Å². The van der Waals surface area contributed by atoms with Crippen molar-refractivity contribution in [2.45, 2.75) is 25.3 Å². The third-order valence-electron chi connectivity index (χ3n) is 3.45. The maximum Gasteiger partial charge on any atom is 0.306 e. The van der Waals surface area contributed by atoms with Gasteiger partial charge >= 0.3 is 5.97 Å². The molecule has 1 fully saturated rings. The van der Waals surface area contributed by atoms with E-state index in [2.05, 4.69) is 21.2 Å². The number of benzene rings is 1. The number of hydrogen-bond acceptors (Lipinski definition) is 2. The number of hydrogen-bond donors (Lipinski definition) is 2. The number of carboxylic acid groups (broad SMARTS) is 1. The lowest BCUT2D eigenvalue weighted by molar-refractivity contribution is -0.141. The summed E-state index contributed by atoms with van der Waals surface area (Å²) in [5, 5.41) is 11.8. The summed E-state index contributed by atoms with van der Waals surface area (Å²) >= 11 is 3.41. The number of carboxylic acids is 1. The van der Waals surface area contributed by atoms with Crippen molar-refractivity contribution in [2.75, 3.05) is 0 Å². The van der Waals surface area contributed by atoms with Crippen molar-refractivity contribution >= 4 is 33.9 Å². The van der Waals surface area contributed by atoms with Gasteiger partial charge in [0.15, 0.2) is 0 Å². The molecule has 106 valence electrons. The van der Waals surface area contributed by atoms with Gasteiger partial charge in [-0.25, -0.2) is 0 Å². The third kappa shape index (κ3) is 3.93. The summed E-state index contributed by atoms with van der Waals surface area (Å²) in [7, 11) is 0. The molecular weight excluding hydrogens is 322 g/mol. The first-order chi connectivity index (χ1) is 9.56. The molecular formula is C15H16BrNO3. The van der Waals surface area contributed by atoms with Crippen molar-refractivity contribution in [2.24, 2.45) is 5.92 Å². The highest BCUT2D eigenvalue weighted by Gasteiger charge is 2.30. The fourth-order valence-corrected chi connectivity index (χ4v) is 2.78. The Hall–Kier alpha value is -1.62. The van der Waals surface area contributed by atoms with Gasteiger partial charge in [0.05, 0.1) is 5.92 Å². The molecule has 20 heavy (non-hydrogen) atoms. The second-order valence-corrected chi connectivity index (χ2v) is 5.76. The fraction of sp³-hybridized carbons (Fsp3) is 0.333. The van der Waals surface area contributed by atoms with Crippen molar-refractivity contribution in [1.82, 2.24) is 5.32 Å². The standard InChI is InChI=1S/C15H16BrNO3/c16-13-4-2-1-3-10(13)6-8-14(18)17-12-7-5-11(9-12)15(19)20/h1-4,6,8,11-12H,5,7,9H2,(H,17,18)(H,19,20). The number of nitrogens with one attached hydrogen (secondary N) is 1. The molecule has 0 saturated heterocycles. The molecule has 0 aromatic heterocycles. The predicted molar refractivity (Wildman–Crippen MR) is 80.1 cm³/mol. The maximum absolute atomic E-state index is 11.8. The molecule has 4 nitrogen and oxygen atoms in total. The van der Waals surface area contributed by atoms with Gasteiger partial charge in [-0.2, -0.15) is 0 Å². The van der Waals surface area contributed by atoms with Gasteiger partial charge in [-0.1, -0.05) is 34.1 Å². The van der Waals surface area contributed by atoms with Gasteiger partial charge in [-0.3, -0.25) is 9.59 Å². The third-order valence-corrected chi connectivity index (χ3v) is 4.17. The zero-order chi connectivity index (χ0) is 14.5. The van der Waals surface area contributed by atoms with Crippen LogP contribution in [-0.2, 0) is 9.59 Å². The maximum atomic E-state index is 11.8. The van der Waals surface area contributed by atoms with Gasteiger partial charge in [0.25, 0.3) is 0 Å². The highest BCUT2D eigenvalue weighted by Crippen LogP contribution is 2.25. The topological polar surface area (TPSA) is 66.4 Å². The van der Waals surface area contributed by atoms with Crippen LogP contribution < -0.4 is 5.32 Å². The van der Waals surface area contributed by atoms with Crippen LogP contribution in [0.5, 0.6) is 0 Å².